The smallest absolute Gasteiger partial charge is 0.315 e. The number of aryl methyl sites for hydroxylation is 3. The third kappa shape index (κ3) is 5.23. The molecule has 2 aromatic rings. The van der Waals surface area contributed by atoms with Gasteiger partial charge < -0.3 is 16.0 Å². The number of benzene rings is 2. The molecule has 1 unspecified atom stereocenters. The summed E-state index contributed by atoms with van der Waals surface area (Å²) in [6.07, 6.45) is 0. The lowest BCUT2D eigenvalue weighted by atomic mass is 10.1. The van der Waals surface area contributed by atoms with Gasteiger partial charge in [-0.1, -0.05) is 47.5 Å². The Hall–Kier alpha value is -2.53. The van der Waals surface area contributed by atoms with Crippen molar-refractivity contribution in [3.8, 4) is 0 Å². The molecule has 0 saturated carbocycles. The largest absolute Gasteiger partial charge is 0.332 e. The molecule has 2 rings (SSSR count). The van der Waals surface area contributed by atoms with Crippen molar-refractivity contribution in [2.24, 2.45) is 0 Å². The predicted octanol–water partition coefficient (Wildman–Crippen LogP) is 4.26. The Labute approximate surface area is 159 Å². The number of carbonyl (C=O) groups excluding carboxylic acids is 2. The summed E-state index contributed by atoms with van der Waals surface area (Å²) in [6.45, 7) is 7.62. The quantitative estimate of drug-likeness (QED) is 0.732. The molecule has 5 nitrogen and oxygen atoms in total. The van der Waals surface area contributed by atoms with E-state index in [4.69, 9.17) is 11.6 Å². The van der Waals surface area contributed by atoms with E-state index in [1.165, 1.54) is 0 Å². The highest BCUT2D eigenvalue weighted by molar-refractivity contribution is 6.31. The lowest BCUT2D eigenvalue weighted by Gasteiger charge is -2.17. The van der Waals surface area contributed by atoms with Crippen LogP contribution in [0.2, 0.25) is 5.02 Å². The summed E-state index contributed by atoms with van der Waals surface area (Å²) in [7, 11) is 0. The van der Waals surface area contributed by atoms with Crippen molar-refractivity contribution in [3.63, 3.8) is 0 Å². The number of hydrogen-bond acceptors (Lipinski definition) is 2. The Morgan fingerprint density at radius 1 is 1.08 bits per heavy atom. The Balaban J connectivity index is 1.87. The average Bonchev–Trinajstić information content (AvgIpc) is 2.56. The van der Waals surface area contributed by atoms with Crippen LogP contribution in [0.25, 0.3) is 0 Å². The summed E-state index contributed by atoms with van der Waals surface area (Å²) < 4.78 is 0. The predicted molar refractivity (Wildman–Crippen MR) is 106 cm³/mol. The maximum atomic E-state index is 12.1. The van der Waals surface area contributed by atoms with Gasteiger partial charge in [0.25, 0.3) is 0 Å². The number of anilines is 1. The van der Waals surface area contributed by atoms with E-state index in [1.54, 1.807) is 6.07 Å². The molecule has 0 heterocycles. The highest BCUT2D eigenvalue weighted by Crippen LogP contribution is 2.22. The van der Waals surface area contributed by atoms with Gasteiger partial charge in [0.05, 0.1) is 12.6 Å². The van der Waals surface area contributed by atoms with Gasteiger partial charge in [0.2, 0.25) is 5.91 Å². The molecule has 3 N–H and O–H groups in total. The fourth-order valence-corrected chi connectivity index (χ4v) is 3.17. The molecule has 0 bridgehead atoms. The molecule has 0 spiro atoms. The van der Waals surface area contributed by atoms with Gasteiger partial charge in [-0.15, -0.1) is 0 Å². The van der Waals surface area contributed by atoms with E-state index in [0.717, 1.165) is 27.9 Å². The van der Waals surface area contributed by atoms with E-state index in [9.17, 15) is 9.59 Å². The second-order valence-corrected chi connectivity index (χ2v) is 6.80. The highest BCUT2D eigenvalue weighted by atomic mass is 35.5. The fraction of sp³-hybridized carbons (Fsp3) is 0.300. The highest BCUT2D eigenvalue weighted by Gasteiger charge is 2.13. The zero-order valence-corrected chi connectivity index (χ0v) is 16.2. The van der Waals surface area contributed by atoms with E-state index in [2.05, 4.69) is 16.0 Å². The molecule has 0 aliphatic carbocycles. The number of halogens is 1. The topological polar surface area (TPSA) is 70.2 Å². The maximum Gasteiger partial charge on any atom is 0.315 e. The normalized spacial score (nSPS) is 11.6. The molecule has 6 heteroatoms. The SMILES string of the molecule is Cc1cc(C)c(NC(=O)CNC(=O)NC(C)c2ccccc2Cl)c(C)c1. The van der Waals surface area contributed by atoms with Gasteiger partial charge in [0, 0.05) is 10.7 Å². The van der Waals surface area contributed by atoms with Gasteiger partial charge in [-0.2, -0.15) is 0 Å². The van der Waals surface area contributed by atoms with Gasteiger partial charge in [-0.3, -0.25) is 4.79 Å². The first-order chi connectivity index (χ1) is 12.3. The zero-order valence-electron chi connectivity index (χ0n) is 15.4. The van der Waals surface area contributed by atoms with Gasteiger partial charge in [0.1, 0.15) is 0 Å². The molecule has 0 saturated heterocycles. The van der Waals surface area contributed by atoms with Crippen molar-refractivity contribution in [2.45, 2.75) is 33.7 Å². The van der Waals surface area contributed by atoms with Crippen molar-refractivity contribution >= 4 is 29.2 Å². The van der Waals surface area contributed by atoms with E-state index >= 15 is 0 Å². The van der Waals surface area contributed by atoms with Gasteiger partial charge in [-0.25, -0.2) is 4.79 Å². The van der Waals surface area contributed by atoms with Crippen LogP contribution in [0, 0.1) is 20.8 Å². The van der Waals surface area contributed by atoms with E-state index in [0.29, 0.717) is 5.02 Å². The minimum absolute atomic E-state index is 0.117. The first-order valence-corrected chi connectivity index (χ1v) is 8.82. The lowest BCUT2D eigenvalue weighted by Crippen LogP contribution is -2.41. The number of urea groups is 1. The molecule has 0 aliphatic heterocycles. The third-order valence-electron chi connectivity index (χ3n) is 4.07. The van der Waals surface area contributed by atoms with Crippen LogP contribution in [0.5, 0.6) is 0 Å². The number of rotatable bonds is 5. The summed E-state index contributed by atoms with van der Waals surface area (Å²) in [5.74, 6) is -0.277. The van der Waals surface area contributed by atoms with Crippen LogP contribution in [-0.2, 0) is 4.79 Å². The number of hydrogen-bond donors (Lipinski definition) is 3. The summed E-state index contributed by atoms with van der Waals surface area (Å²) in [5.41, 5.74) is 4.73. The second kappa shape index (κ2) is 8.72. The monoisotopic (exact) mass is 373 g/mol. The molecular weight excluding hydrogens is 350 g/mol. The number of nitrogens with one attached hydrogen (secondary N) is 3. The fourth-order valence-electron chi connectivity index (χ4n) is 2.87. The summed E-state index contributed by atoms with van der Waals surface area (Å²) in [6, 6.07) is 10.6. The van der Waals surface area contributed by atoms with Crippen molar-refractivity contribution in [1.29, 1.82) is 0 Å². The third-order valence-corrected chi connectivity index (χ3v) is 4.41. The van der Waals surface area contributed by atoms with Crippen LogP contribution in [0.1, 0.15) is 35.2 Å². The van der Waals surface area contributed by atoms with Gasteiger partial charge in [-0.05, 0) is 50.5 Å². The summed E-state index contributed by atoms with van der Waals surface area (Å²) in [4.78, 5) is 24.2. The average molecular weight is 374 g/mol. The Kier molecular flexibility index (Phi) is 6.64. The van der Waals surface area contributed by atoms with Crippen LogP contribution in [0.3, 0.4) is 0 Å². The van der Waals surface area contributed by atoms with Crippen LogP contribution >= 0.6 is 11.6 Å². The number of amides is 3. The van der Waals surface area contributed by atoms with Gasteiger partial charge >= 0.3 is 6.03 Å². The van der Waals surface area contributed by atoms with E-state index in [-0.39, 0.29) is 18.5 Å². The van der Waals surface area contributed by atoms with Crippen molar-refractivity contribution in [1.82, 2.24) is 10.6 Å². The molecule has 0 aliphatic rings. The lowest BCUT2D eigenvalue weighted by molar-refractivity contribution is -0.115. The Bertz CT molecular complexity index is 797. The zero-order chi connectivity index (χ0) is 19.3. The van der Waals surface area contributed by atoms with Crippen molar-refractivity contribution in [2.75, 3.05) is 11.9 Å². The van der Waals surface area contributed by atoms with E-state index in [1.807, 2.05) is 58.0 Å². The Morgan fingerprint density at radius 2 is 1.69 bits per heavy atom. The molecule has 0 aromatic heterocycles. The summed E-state index contributed by atoms with van der Waals surface area (Å²) in [5, 5.41) is 8.78. The summed E-state index contributed by atoms with van der Waals surface area (Å²) >= 11 is 6.13. The standard InChI is InChI=1S/C20H24ClN3O2/c1-12-9-13(2)19(14(3)10-12)24-18(25)11-22-20(26)23-15(4)16-7-5-6-8-17(16)21/h5-10,15H,11H2,1-4H3,(H,24,25)(H2,22,23,26). The molecule has 0 fully saturated rings. The van der Waals surface area contributed by atoms with Crippen LogP contribution < -0.4 is 16.0 Å². The van der Waals surface area contributed by atoms with Crippen LogP contribution in [-0.4, -0.2) is 18.5 Å². The molecule has 2 aromatic carbocycles. The molecule has 26 heavy (non-hydrogen) atoms. The van der Waals surface area contributed by atoms with Crippen molar-refractivity contribution < 1.29 is 9.59 Å². The number of carbonyl (C=O) groups is 2. The van der Waals surface area contributed by atoms with Crippen LogP contribution in [0.4, 0.5) is 10.5 Å². The van der Waals surface area contributed by atoms with Crippen LogP contribution in [0.15, 0.2) is 36.4 Å². The molecular formula is C20H24ClN3O2. The first kappa shape index (κ1) is 19.8. The Morgan fingerprint density at radius 3 is 2.31 bits per heavy atom. The van der Waals surface area contributed by atoms with E-state index < -0.39 is 6.03 Å². The first-order valence-electron chi connectivity index (χ1n) is 8.44. The molecule has 1 atom stereocenters. The molecule has 138 valence electrons. The second-order valence-electron chi connectivity index (χ2n) is 6.39. The molecule has 3 amide bonds. The minimum Gasteiger partial charge on any atom is -0.332 e. The minimum atomic E-state index is -0.426. The van der Waals surface area contributed by atoms with Gasteiger partial charge in [0.15, 0.2) is 0 Å². The maximum absolute atomic E-state index is 12.1. The van der Waals surface area contributed by atoms with Crippen molar-refractivity contribution in [3.05, 3.63) is 63.7 Å². The molecule has 0 radical (unpaired) electrons.